The van der Waals surface area contributed by atoms with Gasteiger partial charge in [0.05, 0.1) is 13.5 Å². The molecule has 1 fully saturated rings. The third-order valence-corrected chi connectivity index (χ3v) is 4.69. The molecule has 1 aliphatic carbocycles. The van der Waals surface area contributed by atoms with Crippen molar-refractivity contribution in [3.63, 3.8) is 0 Å². The Labute approximate surface area is 160 Å². The van der Waals surface area contributed by atoms with Crippen LogP contribution in [0.25, 0.3) is 11.0 Å². The van der Waals surface area contributed by atoms with Gasteiger partial charge in [0.15, 0.2) is 17.1 Å². The fraction of sp³-hybridized carbons (Fsp3) is 0.286. The number of carbonyl (C=O) groups excluding carboxylic acids is 2. The van der Waals surface area contributed by atoms with Crippen molar-refractivity contribution in [3.8, 4) is 5.75 Å². The topological polar surface area (TPSA) is 90.0 Å². The van der Waals surface area contributed by atoms with Gasteiger partial charge in [-0.05, 0) is 37.0 Å². The lowest BCUT2D eigenvalue weighted by atomic mass is 10.2. The zero-order valence-corrected chi connectivity index (χ0v) is 15.3. The molecule has 28 heavy (non-hydrogen) atoms. The highest BCUT2D eigenvalue weighted by Gasteiger charge is 2.32. The van der Waals surface area contributed by atoms with Crippen molar-refractivity contribution in [2.75, 3.05) is 13.7 Å². The molecular formula is C21H19NO6. The number of benzene rings is 1. The second-order valence-electron chi connectivity index (χ2n) is 6.83. The molecule has 2 heterocycles. The molecule has 0 unspecified atom stereocenters. The summed E-state index contributed by atoms with van der Waals surface area (Å²) in [6, 6.07) is 11.3. The SMILES string of the molecule is COc1cccc2cc(CC(=O)N(CC3CC3)C(=O)c3cccc(=O)o3)oc12. The molecule has 144 valence electrons. The molecule has 1 saturated carbocycles. The standard InChI is InChI=1S/C21H19NO6/c1-26-16-5-2-4-14-10-15(27-20(14)16)11-18(23)22(12-13-8-9-13)21(25)17-6-3-7-19(24)28-17/h2-7,10,13H,8-9,11-12H2,1H3. The number of rotatable bonds is 6. The van der Waals surface area contributed by atoms with Crippen LogP contribution in [0.4, 0.5) is 0 Å². The lowest BCUT2D eigenvalue weighted by Gasteiger charge is -2.19. The molecule has 4 rings (SSSR count). The lowest BCUT2D eigenvalue weighted by Crippen LogP contribution is -2.39. The first-order chi connectivity index (χ1) is 13.5. The van der Waals surface area contributed by atoms with E-state index < -0.39 is 17.4 Å². The fourth-order valence-corrected chi connectivity index (χ4v) is 3.08. The van der Waals surface area contributed by atoms with E-state index in [-0.39, 0.29) is 12.2 Å². The first-order valence-electron chi connectivity index (χ1n) is 9.05. The number of imide groups is 1. The third-order valence-electron chi connectivity index (χ3n) is 4.69. The van der Waals surface area contributed by atoms with E-state index in [9.17, 15) is 14.4 Å². The van der Waals surface area contributed by atoms with E-state index in [2.05, 4.69) is 0 Å². The van der Waals surface area contributed by atoms with E-state index in [4.69, 9.17) is 13.6 Å². The van der Waals surface area contributed by atoms with Gasteiger partial charge in [0.2, 0.25) is 5.91 Å². The maximum atomic E-state index is 12.9. The average Bonchev–Trinajstić information content (AvgIpc) is 3.42. The first-order valence-corrected chi connectivity index (χ1v) is 9.05. The minimum Gasteiger partial charge on any atom is -0.493 e. The number of furan rings is 1. The monoisotopic (exact) mass is 381 g/mol. The van der Waals surface area contributed by atoms with Crippen LogP contribution in [-0.4, -0.2) is 30.4 Å². The number of hydrogen-bond donors (Lipinski definition) is 0. The van der Waals surface area contributed by atoms with Gasteiger partial charge < -0.3 is 13.6 Å². The van der Waals surface area contributed by atoms with Crippen LogP contribution in [0.1, 0.15) is 29.2 Å². The lowest BCUT2D eigenvalue weighted by molar-refractivity contribution is -0.128. The van der Waals surface area contributed by atoms with Gasteiger partial charge in [0.25, 0.3) is 5.91 Å². The minimum atomic E-state index is -0.631. The maximum Gasteiger partial charge on any atom is 0.336 e. The fourth-order valence-electron chi connectivity index (χ4n) is 3.08. The summed E-state index contributed by atoms with van der Waals surface area (Å²) in [7, 11) is 1.55. The summed E-state index contributed by atoms with van der Waals surface area (Å²) in [5.74, 6) is 0.150. The molecule has 0 aliphatic heterocycles. The van der Waals surface area contributed by atoms with Crippen LogP contribution in [0.15, 0.2) is 56.1 Å². The van der Waals surface area contributed by atoms with E-state index in [1.54, 1.807) is 19.2 Å². The molecule has 7 heteroatoms. The Morgan fingerprint density at radius 3 is 2.64 bits per heavy atom. The van der Waals surface area contributed by atoms with Crippen LogP contribution in [0.5, 0.6) is 5.75 Å². The third kappa shape index (κ3) is 3.69. The van der Waals surface area contributed by atoms with E-state index in [1.165, 1.54) is 18.2 Å². The Balaban J connectivity index is 1.59. The average molecular weight is 381 g/mol. The van der Waals surface area contributed by atoms with Gasteiger partial charge in [-0.1, -0.05) is 18.2 Å². The highest BCUT2D eigenvalue weighted by molar-refractivity contribution is 6.03. The Kier molecular flexibility index (Phi) is 4.73. The predicted octanol–water partition coefficient (Wildman–Crippen LogP) is 3.02. The molecule has 2 aromatic heterocycles. The van der Waals surface area contributed by atoms with Crippen LogP contribution in [0, 0.1) is 5.92 Å². The van der Waals surface area contributed by atoms with Crippen LogP contribution in [0.2, 0.25) is 0 Å². The van der Waals surface area contributed by atoms with Crippen molar-refractivity contribution < 1.29 is 23.2 Å². The highest BCUT2D eigenvalue weighted by atomic mass is 16.5. The zero-order valence-electron chi connectivity index (χ0n) is 15.3. The van der Waals surface area contributed by atoms with Crippen molar-refractivity contribution in [3.05, 3.63) is 64.4 Å². The number of nitrogens with zero attached hydrogens (tertiary/aromatic N) is 1. The Hall–Kier alpha value is -3.35. The summed E-state index contributed by atoms with van der Waals surface area (Å²) in [4.78, 5) is 38.3. The number of ether oxygens (including phenoxy) is 1. The molecular weight excluding hydrogens is 362 g/mol. The minimum absolute atomic E-state index is 0.0760. The van der Waals surface area contributed by atoms with Gasteiger partial charge >= 0.3 is 5.63 Å². The molecule has 2 amide bonds. The van der Waals surface area contributed by atoms with Gasteiger partial charge in [-0.2, -0.15) is 0 Å². The van der Waals surface area contributed by atoms with Crippen molar-refractivity contribution >= 4 is 22.8 Å². The van der Waals surface area contributed by atoms with Crippen molar-refractivity contribution in [2.45, 2.75) is 19.3 Å². The molecule has 0 bridgehead atoms. The summed E-state index contributed by atoms with van der Waals surface area (Å²) < 4.78 is 16.0. The molecule has 0 atom stereocenters. The summed E-state index contributed by atoms with van der Waals surface area (Å²) >= 11 is 0. The largest absolute Gasteiger partial charge is 0.493 e. The van der Waals surface area contributed by atoms with Gasteiger partial charge in [-0.15, -0.1) is 0 Å². The molecule has 0 radical (unpaired) electrons. The van der Waals surface area contributed by atoms with Crippen LogP contribution in [0.3, 0.4) is 0 Å². The number of amides is 2. The van der Waals surface area contributed by atoms with Crippen LogP contribution < -0.4 is 10.4 Å². The van der Waals surface area contributed by atoms with Crippen LogP contribution in [-0.2, 0) is 11.2 Å². The number of hydrogen-bond acceptors (Lipinski definition) is 6. The van der Waals surface area contributed by atoms with Gasteiger partial charge in [0, 0.05) is 18.0 Å². The molecule has 0 spiro atoms. The number of methoxy groups -OCH3 is 1. The van der Waals surface area contributed by atoms with Crippen molar-refractivity contribution in [1.29, 1.82) is 0 Å². The molecule has 0 saturated heterocycles. The van der Waals surface area contributed by atoms with Gasteiger partial charge in [0.1, 0.15) is 5.76 Å². The Morgan fingerprint density at radius 2 is 1.93 bits per heavy atom. The van der Waals surface area contributed by atoms with Gasteiger partial charge in [-0.25, -0.2) is 4.79 Å². The predicted molar refractivity (Wildman–Crippen MR) is 100 cm³/mol. The molecule has 0 N–H and O–H groups in total. The Bertz CT molecular complexity index is 1090. The summed E-state index contributed by atoms with van der Waals surface area (Å²) in [5.41, 5.74) is -0.0732. The normalized spacial score (nSPS) is 13.5. The highest BCUT2D eigenvalue weighted by Crippen LogP contribution is 2.31. The summed E-state index contributed by atoms with van der Waals surface area (Å²) in [6.45, 7) is 0.305. The zero-order chi connectivity index (χ0) is 19.7. The second kappa shape index (κ2) is 7.34. The van der Waals surface area contributed by atoms with Gasteiger partial charge in [-0.3, -0.25) is 14.5 Å². The van der Waals surface area contributed by atoms with E-state index in [0.717, 1.165) is 23.1 Å². The van der Waals surface area contributed by atoms with Crippen LogP contribution >= 0.6 is 0 Å². The summed E-state index contributed by atoms with van der Waals surface area (Å²) in [5, 5.41) is 0.816. The van der Waals surface area contributed by atoms with E-state index >= 15 is 0 Å². The van der Waals surface area contributed by atoms with E-state index in [0.29, 0.717) is 29.6 Å². The number of para-hydroxylation sites is 1. The quantitative estimate of drug-likeness (QED) is 0.652. The van der Waals surface area contributed by atoms with Crippen molar-refractivity contribution in [2.24, 2.45) is 5.92 Å². The molecule has 1 aliphatic rings. The number of carbonyl (C=O) groups is 2. The smallest absolute Gasteiger partial charge is 0.336 e. The van der Waals surface area contributed by atoms with E-state index in [1.807, 2.05) is 12.1 Å². The Morgan fingerprint density at radius 1 is 1.14 bits per heavy atom. The molecule has 3 aromatic rings. The molecule has 7 nitrogen and oxygen atoms in total. The van der Waals surface area contributed by atoms with Crippen molar-refractivity contribution in [1.82, 2.24) is 4.90 Å². The number of fused-ring (bicyclic) bond motifs is 1. The summed E-state index contributed by atoms with van der Waals surface area (Å²) in [6.07, 6.45) is 1.86. The molecule has 1 aromatic carbocycles. The maximum absolute atomic E-state index is 12.9. The second-order valence-corrected chi connectivity index (χ2v) is 6.83. The first kappa shape index (κ1) is 18.0.